The zero-order valence-corrected chi connectivity index (χ0v) is 16.2. The fourth-order valence-corrected chi connectivity index (χ4v) is 2.80. The van der Waals surface area contributed by atoms with Crippen LogP contribution in [0.2, 0.25) is 0 Å². The molecule has 140 valence electrons. The lowest BCUT2D eigenvalue weighted by atomic mass is 10.1. The maximum atomic E-state index is 12.5. The van der Waals surface area contributed by atoms with Crippen LogP contribution in [0.1, 0.15) is 44.1 Å². The second-order valence-corrected chi connectivity index (χ2v) is 6.93. The zero-order chi connectivity index (χ0) is 19.3. The summed E-state index contributed by atoms with van der Waals surface area (Å²) >= 11 is 0. The van der Waals surface area contributed by atoms with Crippen LogP contribution < -0.4 is 10.6 Å². The molecule has 1 heterocycles. The SMILES string of the molecule is CCC(=O)Nc1cccc(NC(=O)Cc2c(C)nn(CC(C)C)c2C)c1. The molecule has 2 aromatic rings. The van der Waals surface area contributed by atoms with Crippen molar-refractivity contribution in [2.24, 2.45) is 5.92 Å². The molecule has 0 aliphatic carbocycles. The Balaban J connectivity index is 2.06. The van der Waals surface area contributed by atoms with Crippen molar-refractivity contribution in [1.82, 2.24) is 9.78 Å². The summed E-state index contributed by atoms with van der Waals surface area (Å²) in [5.74, 6) is 0.340. The molecule has 0 bridgehead atoms. The third-order valence-electron chi connectivity index (χ3n) is 4.16. The Morgan fingerprint density at radius 2 is 1.73 bits per heavy atom. The molecule has 0 aliphatic heterocycles. The molecule has 0 saturated heterocycles. The van der Waals surface area contributed by atoms with Gasteiger partial charge in [-0.2, -0.15) is 5.10 Å². The molecular weight excluding hydrogens is 328 g/mol. The fraction of sp³-hybridized carbons (Fsp3) is 0.450. The average Bonchev–Trinajstić information content (AvgIpc) is 2.82. The van der Waals surface area contributed by atoms with Gasteiger partial charge in [-0.05, 0) is 38.0 Å². The van der Waals surface area contributed by atoms with Crippen LogP contribution >= 0.6 is 0 Å². The molecule has 0 atom stereocenters. The molecule has 6 nitrogen and oxygen atoms in total. The number of hydrogen-bond acceptors (Lipinski definition) is 3. The maximum Gasteiger partial charge on any atom is 0.228 e. The summed E-state index contributed by atoms with van der Waals surface area (Å²) in [5.41, 5.74) is 4.23. The first-order valence-corrected chi connectivity index (χ1v) is 9.02. The normalized spacial score (nSPS) is 10.8. The number of amides is 2. The quantitative estimate of drug-likeness (QED) is 0.794. The standard InChI is InChI=1S/C20H28N4O2/c1-6-19(25)21-16-8-7-9-17(10-16)22-20(26)11-18-14(4)23-24(15(18)5)12-13(2)3/h7-10,13H,6,11-12H2,1-5H3,(H,21,25)(H,22,26). The summed E-state index contributed by atoms with van der Waals surface area (Å²) in [4.78, 5) is 24.0. The Morgan fingerprint density at radius 1 is 1.12 bits per heavy atom. The Labute approximate surface area is 155 Å². The van der Waals surface area contributed by atoms with E-state index < -0.39 is 0 Å². The van der Waals surface area contributed by atoms with E-state index in [1.165, 1.54) is 0 Å². The van der Waals surface area contributed by atoms with Gasteiger partial charge in [0.1, 0.15) is 0 Å². The largest absolute Gasteiger partial charge is 0.326 e. The van der Waals surface area contributed by atoms with E-state index in [1.54, 1.807) is 31.2 Å². The van der Waals surface area contributed by atoms with Crippen LogP contribution in [0.3, 0.4) is 0 Å². The summed E-state index contributed by atoms with van der Waals surface area (Å²) in [6.45, 7) is 10.9. The number of nitrogens with one attached hydrogen (secondary N) is 2. The minimum atomic E-state index is -0.0979. The van der Waals surface area contributed by atoms with Crippen molar-refractivity contribution in [3.63, 3.8) is 0 Å². The first-order valence-electron chi connectivity index (χ1n) is 9.02. The molecule has 6 heteroatoms. The summed E-state index contributed by atoms with van der Waals surface area (Å²) < 4.78 is 1.98. The average molecular weight is 356 g/mol. The third-order valence-corrected chi connectivity index (χ3v) is 4.16. The van der Waals surface area contributed by atoms with Gasteiger partial charge in [0.05, 0.1) is 12.1 Å². The van der Waals surface area contributed by atoms with Gasteiger partial charge in [-0.3, -0.25) is 14.3 Å². The van der Waals surface area contributed by atoms with Gasteiger partial charge in [-0.15, -0.1) is 0 Å². The molecule has 1 aromatic heterocycles. The van der Waals surface area contributed by atoms with Crippen molar-refractivity contribution in [3.8, 4) is 0 Å². The van der Waals surface area contributed by atoms with E-state index in [1.807, 2.05) is 18.5 Å². The number of nitrogens with zero attached hydrogens (tertiary/aromatic N) is 2. The highest BCUT2D eigenvalue weighted by Gasteiger charge is 2.16. The molecular formula is C20H28N4O2. The Kier molecular flexibility index (Phi) is 6.55. The molecule has 0 unspecified atom stereocenters. The van der Waals surface area contributed by atoms with Crippen LogP contribution in [0.4, 0.5) is 11.4 Å². The second kappa shape index (κ2) is 8.65. The summed E-state index contributed by atoms with van der Waals surface area (Å²) in [7, 11) is 0. The van der Waals surface area contributed by atoms with Crippen molar-refractivity contribution in [3.05, 3.63) is 41.2 Å². The lowest BCUT2D eigenvalue weighted by Gasteiger charge is -2.09. The molecule has 2 rings (SSSR count). The predicted octanol–water partition coefficient (Wildman–Crippen LogP) is 3.69. The first kappa shape index (κ1) is 19.7. The van der Waals surface area contributed by atoms with Crippen LogP contribution in [0, 0.1) is 19.8 Å². The van der Waals surface area contributed by atoms with Gasteiger partial charge < -0.3 is 10.6 Å². The van der Waals surface area contributed by atoms with Crippen LogP contribution in [-0.4, -0.2) is 21.6 Å². The van der Waals surface area contributed by atoms with E-state index in [-0.39, 0.29) is 18.2 Å². The molecule has 0 spiro atoms. The smallest absolute Gasteiger partial charge is 0.228 e. The molecule has 0 fully saturated rings. The van der Waals surface area contributed by atoms with Gasteiger partial charge in [0, 0.05) is 35.6 Å². The highest BCUT2D eigenvalue weighted by molar-refractivity contribution is 5.94. The first-order chi connectivity index (χ1) is 12.3. The minimum Gasteiger partial charge on any atom is -0.326 e. The monoisotopic (exact) mass is 356 g/mol. The molecule has 0 radical (unpaired) electrons. The van der Waals surface area contributed by atoms with E-state index >= 15 is 0 Å². The molecule has 1 aromatic carbocycles. The number of aromatic nitrogens is 2. The van der Waals surface area contributed by atoms with Crippen LogP contribution in [0.15, 0.2) is 24.3 Å². The minimum absolute atomic E-state index is 0.0581. The van der Waals surface area contributed by atoms with Gasteiger partial charge in [0.25, 0.3) is 0 Å². The summed E-state index contributed by atoms with van der Waals surface area (Å²) in [6.07, 6.45) is 0.691. The van der Waals surface area contributed by atoms with Crippen LogP contribution in [-0.2, 0) is 22.6 Å². The van der Waals surface area contributed by atoms with Gasteiger partial charge >= 0.3 is 0 Å². The van der Waals surface area contributed by atoms with Gasteiger partial charge in [0.2, 0.25) is 11.8 Å². The second-order valence-electron chi connectivity index (χ2n) is 6.93. The lowest BCUT2D eigenvalue weighted by molar-refractivity contribution is -0.116. The van der Waals surface area contributed by atoms with Crippen molar-refractivity contribution in [2.45, 2.75) is 54.0 Å². The number of hydrogen-bond donors (Lipinski definition) is 2. The lowest BCUT2D eigenvalue weighted by Crippen LogP contribution is -2.16. The van der Waals surface area contributed by atoms with Crippen molar-refractivity contribution in [2.75, 3.05) is 10.6 Å². The molecule has 2 amide bonds. The number of aryl methyl sites for hydroxylation is 1. The predicted molar refractivity (Wildman–Crippen MR) is 104 cm³/mol. The van der Waals surface area contributed by atoms with E-state index in [0.717, 1.165) is 23.5 Å². The van der Waals surface area contributed by atoms with Gasteiger partial charge in [0.15, 0.2) is 0 Å². The van der Waals surface area contributed by atoms with Gasteiger partial charge in [-0.25, -0.2) is 0 Å². The number of anilines is 2. The topological polar surface area (TPSA) is 76.0 Å². The molecule has 26 heavy (non-hydrogen) atoms. The third kappa shape index (κ3) is 5.18. The number of carbonyl (C=O) groups excluding carboxylic acids is 2. The number of rotatable bonds is 7. The van der Waals surface area contributed by atoms with Crippen molar-refractivity contribution in [1.29, 1.82) is 0 Å². The summed E-state index contributed by atoms with van der Waals surface area (Å²) in [6, 6.07) is 7.17. The van der Waals surface area contributed by atoms with E-state index in [0.29, 0.717) is 23.7 Å². The number of benzene rings is 1. The van der Waals surface area contributed by atoms with Crippen LogP contribution in [0.25, 0.3) is 0 Å². The van der Waals surface area contributed by atoms with Crippen LogP contribution in [0.5, 0.6) is 0 Å². The van der Waals surface area contributed by atoms with E-state index in [9.17, 15) is 9.59 Å². The van der Waals surface area contributed by atoms with E-state index in [2.05, 4.69) is 29.6 Å². The van der Waals surface area contributed by atoms with E-state index in [4.69, 9.17) is 0 Å². The van der Waals surface area contributed by atoms with Gasteiger partial charge in [-0.1, -0.05) is 26.8 Å². The summed E-state index contributed by atoms with van der Waals surface area (Å²) in [5, 5.41) is 10.2. The molecule has 2 N–H and O–H groups in total. The maximum absolute atomic E-state index is 12.5. The highest BCUT2D eigenvalue weighted by atomic mass is 16.2. The molecule has 0 aliphatic rings. The van der Waals surface area contributed by atoms with Crippen molar-refractivity contribution >= 4 is 23.2 Å². The number of carbonyl (C=O) groups is 2. The Morgan fingerprint density at radius 3 is 2.31 bits per heavy atom. The molecule has 0 saturated carbocycles. The Hall–Kier alpha value is -2.63. The zero-order valence-electron chi connectivity index (χ0n) is 16.2. The highest BCUT2D eigenvalue weighted by Crippen LogP contribution is 2.18. The fourth-order valence-electron chi connectivity index (χ4n) is 2.80. The van der Waals surface area contributed by atoms with Crippen molar-refractivity contribution < 1.29 is 9.59 Å². The Bertz CT molecular complexity index is 793.